The van der Waals surface area contributed by atoms with Crippen LogP contribution in [-0.4, -0.2) is 6.04 Å². The summed E-state index contributed by atoms with van der Waals surface area (Å²) in [4.78, 5) is 0. The third-order valence-corrected chi connectivity index (χ3v) is 2.39. The summed E-state index contributed by atoms with van der Waals surface area (Å²) >= 11 is 0. The summed E-state index contributed by atoms with van der Waals surface area (Å²) in [6.45, 7) is 4.25. The van der Waals surface area contributed by atoms with Crippen LogP contribution in [-0.2, 0) is 0 Å². The molecule has 0 saturated carbocycles. The SMILES string of the molecule is C#CCC(CC)NC(C)c1ccoc1. The monoisotopic (exact) mass is 191 g/mol. The van der Waals surface area contributed by atoms with E-state index in [1.807, 2.05) is 6.07 Å². The summed E-state index contributed by atoms with van der Waals surface area (Å²) in [6.07, 6.45) is 10.6. The van der Waals surface area contributed by atoms with Gasteiger partial charge in [-0.15, -0.1) is 12.3 Å². The van der Waals surface area contributed by atoms with Crippen LogP contribution < -0.4 is 5.32 Å². The molecule has 1 aromatic rings. The molecule has 0 aliphatic carbocycles. The molecule has 2 heteroatoms. The lowest BCUT2D eigenvalue weighted by atomic mass is 10.1. The van der Waals surface area contributed by atoms with Crippen molar-refractivity contribution in [2.24, 2.45) is 0 Å². The van der Waals surface area contributed by atoms with Crippen molar-refractivity contribution in [3.8, 4) is 12.3 Å². The fourth-order valence-corrected chi connectivity index (χ4v) is 1.43. The van der Waals surface area contributed by atoms with Crippen LogP contribution in [0.4, 0.5) is 0 Å². The van der Waals surface area contributed by atoms with Gasteiger partial charge in [-0.2, -0.15) is 0 Å². The van der Waals surface area contributed by atoms with Gasteiger partial charge >= 0.3 is 0 Å². The highest BCUT2D eigenvalue weighted by Gasteiger charge is 2.11. The molecule has 1 rings (SSSR count). The van der Waals surface area contributed by atoms with E-state index < -0.39 is 0 Å². The van der Waals surface area contributed by atoms with Crippen molar-refractivity contribution in [3.05, 3.63) is 24.2 Å². The Balaban J connectivity index is 2.47. The van der Waals surface area contributed by atoms with Crippen molar-refractivity contribution in [1.82, 2.24) is 5.32 Å². The molecule has 2 nitrogen and oxygen atoms in total. The lowest BCUT2D eigenvalue weighted by Crippen LogP contribution is -2.30. The second-order valence-electron chi connectivity index (χ2n) is 3.46. The van der Waals surface area contributed by atoms with Crippen LogP contribution in [0.5, 0.6) is 0 Å². The van der Waals surface area contributed by atoms with E-state index in [-0.39, 0.29) is 0 Å². The summed E-state index contributed by atoms with van der Waals surface area (Å²) in [5, 5.41) is 3.47. The topological polar surface area (TPSA) is 25.2 Å². The molecular weight excluding hydrogens is 174 g/mol. The molecule has 76 valence electrons. The minimum absolute atomic E-state index is 0.298. The van der Waals surface area contributed by atoms with Crippen molar-refractivity contribution in [3.63, 3.8) is 0 Å². The Kier molecular flexibility index (Phi) is 4.28. The molecule has 2 unspecified atom stereocenters. The Morgan fingerprint density at radius 1 is 1.64 bits per heavy atom. The van der Waals surface area contributed by atoms with E-state index in [0.717, 1.165) is 12.8 Å². The Morgan fingerprint density at radius 3 is 2.93 bits per heavy atom. The van der Waals surface area contributed by atoms with E-state index in [0.29, 0.717) is 12.1 Å². The zero-order chi connectivity index (χ0) is 10.4. The number of hydrogen-bond donors (Lipinski definition) is 1. The molecular formula is C12H17NO. The molecule has 1 N–H and O–H groups in total. The predicted octanol–water partition coefficient (Wildman–Crippen LogP) is 2.73. The molecule has 0 aliphatic heterocycles. The molecule has 1 aromatic heterocycles. The molecule has 0 aromatic carbocycles. The number of terminal acetylenes is 1. The third-order valence-electron chi connectivity index (χ3n) is 2.39. The average molecular weight is 191 g/mol. The fraction of sp³-hybridized carbons (Fsp3) is 0.500. The smallest absolute Gasteiger partial charge is 0.0950 e. The average Bonchev–Trinajstić information content (AvgIpc) is 2.69. The highest BCUT2D eigenvalue weighted by atomic mass is 16.3. The summed E-state index contributed by atoms with van der Waals surface area (Å²) in [5.41, 5.74) is 1.17. The van der Waals surface area contributed by atoms with Gasteiger partial charge in [0.05, 0.1) is 12.5 Å². The minimum atomic E-state index is 0.298. The molecule has 0 saturated heterocycles. The van der Waals surface area contributed by atoms with E-state index in [2.05, 4.69) is 25.1 Å². The summed E-state index contributed by atoms with van der Waals surface area (Å²) in [7, 11) is 0. The van der Waals surface area contributed by atoms with Gasteiger partial charge in [-0.05, 0) is 19.4 Å². The first-order valence-electron chi connectivity index (χ1n) is 4.99. The molecule has 0 spiro atoms. The van der Waals surface area contributed by atoms with Crippen molar-refractivity contribution in [1.29, 1.82) is 0 Å². The summed E-state index contributed by atoms with van der Waals surface area (Å²) in [5.74, 6) is 2.68. The lowest BCUT2D eigenvalue weighted by Gasteiger charge is -2.19. The van der Waals surface area contributed by atoms with Gasteiger partial charge in [0.15, 0.2) is 0 Å². The van der Waals surface area contributed by atoms with Crippen LogP contribution in [0.1, 0.15) is 38.3 Å². The van der Waals surface area contributed by atoms with E-state index in [1.165, 1.54) is 5.56 Å². The normalized spacial score (nSPS) is 14.6. The molecule has 0 fully saturated rings. The maximum Gasteiger partial charge on any atom is 0.0950 e. The van der Waals surface area contributed by atoms with Gasteiger partial charge in [0.2, 0.25) is 0 Å². The predicted molar refractivity (Wildman–Crippen MR) is 57.8 cm³/mol. The zero-order valence-electron chi connectivity index (χ0n) is 8.79. The van der Waals surface area contributed by atoms with Gasteiger partial charge in [-0.1, -0.05) is 6.92 Å². The standard InChI is InChI=1S/C12H17NO/c1-4-6-12(5-2)13-10(3)11-7-8-14-9-11/h1,7-10,12-13H,5-6H2,2-3H3. The first-order chi connectivity index (χ1) is 6.77. The number of nitrogens with one attached hydrogen (secondary N) is 1. The molecule has 0 radical (unpaired) electrons. The Bertz CT molecular complexity index is 284. The second-order valence-corrected chi connectivity index (χ2v) is 3.46. The minimum Gasteiger partial charge on any atom is -0.472 e. The highest BCUT2D eigenvalue weighted by Crippen LogP contribution is 2.14. The molecule has 2 atom stereocenters. The van der Waals surface area contributed by atoms with Crippen LogP contribution >= 0.6 is 0 Å². The largest absolute Gasteiger partial charge is 0.472 e. The van der Waals surface area contributed by atoms with Crippen LogP contribution in [0.15, 0.2) is 23.0 Å². The quantitative estimate of drug-likeness (QED) is 0.724. The molecule has 0 amide bonds. The summed E-state index contributed by atoms with van der Waals surface area (Å²) < 4.78 is 5.03. The number of hydrogen-bond acceptors (Lipinski definition) is 2. The summed E-state index contributed by atoms with van der Waals surface area (Å²) in [6, 6.07) is 2.66. The highest BCUT2D eigenvalue weighted by molar-refractivity contribution is 5.10. The number of rotatable bonds is 5. The molecule has 0 aliphatic rings. The lowest BCUT2D eigenvalue weighted by molar-refractivity contribution is 0.445. The van der Waals surface area contributed by atoms with E-state index >= 15 is 0 Å². The van der Waals surface area contributed by atoms with Crippen molar-refractivity contribution < 1.29 is 4.42 Å². The van der Waals surface area contributed by atoms with Crippen LogP contribution in [0.3, 0.4) is 0 Å². The molecule has 14 heavy (non-hydrogen) atoms. The molecule has 1 heterocycles. The first kappa shape index (κ1) is 10.9. The van der Waals surface area contributed by atoms with Gasteiger partial charge in [-0.3, -0.25) is 0 Å². The number of furan rings is 1. The third kappa shape index (κ3) is 2.93. The van der Waals surface area contributed by atoms with Crippen LogP contribution in [0, 0.1) is 12.3 Å². The fourth-order valence-electron chi connectivity index (χ4n) is 1.43. The van der Waals surface area contributed by atoms with E-state index in [4.69, 9.17) is 10.8 Å². The maximum atomic E-state index is 5.29. The Hall–Kier alpha value is -1.20. The maximum absolute atomic E-state index is 5.29. The first-order valence-corrected chi connectivity index (χ1v) is 4.99. The molecule has 0 bridgehead atoms. The van der Waals surface area contributed by atoms with E-state index in [1.54, 1.807) is 12.5 Å². The second kappa shape index (κ2) is 5.51. The zero-order valence-corrected chi connectivity index (χ0v) is 8.79. The van der Waals surface area contributed by atoms with E-state index in [9.17, 15) is 0 Å². The Labute approximate surface area is 85.7 Å². The van der Waals surface area contributed by atoms with Gasteiger partial charge in [0, 0.05) is 24.1 Å². The van der Waals surface area contributed by atoms with Gasteiger partial charge in [-0.25, -0.2) is 0 Å². The van der Waals surface area contributed by atoms with Gasteiger partial charge < -0.3 is 9.73 Å². The van der Waals surface area contributed by atoms with Gasteiger partial charge in [0.1, 0.15) is 0 Å². The van der Waals surface area contributed by atoms with Crippen LogP contribution in [0.25, 0.3) is 0 Å². The van der Waals surface area contributed by atoms with Gasteiger partial charge in [0.25, 0.3) is 0 Å². The van der Waals surface area contributed by atoms with Crippen molar-refractivity contribution >= 4 is 0 Å². The van der Waals surface area contributed by atoms with Crippen molar-refractivity contribution in [2.45, 2.75) is 38.8 Å². The Morgan fingerprint density at radius 2 is 2.43 bits per heavy atom. The van der Waals surface area contributed by atoms with Crippen LogP contribution in [0.2, 0.25) is 0 Å². The van der Waals surface area contributed by atoms with Crippen molar-refractivity contribution in [2.75, 3.05) is 0 Å².